The van der Waals surface area contributed by atoms with Gasteiger partial charge in [0.1, 0.15) is 6.29 Å². The largest absolute Gasteiger partial charge is 1.00 e. The summed E-state index contributed by atoms with van der Waals surface area (Å²) in [5.41, 5.74) is 1.63. The fourth-order valence-corrected chi connectivity index (χ4v) is 3.12. The van der Waals surface area contributed by atoms with Crippen LogP contribution in [-0.2, 0) is 36.9 Å². The topological polar surface area (TPSA) is 138 Å². The molecule has 0 atom stereocenters. The first kappa shape index (κ1) is 36.3. The van der Waals surface area contributed by atoms with Gasteiger partial charge in [-0.05, 0) is 24.9 Å². The maximum atomic E-state index is 12.0. The van der Waals surface area contributed by atoms with Gasteiger partial charge in [0.05, 0.1) is 18.9 Å². The predicted molar refractivity (Wildman–Crippen MR) is 127 cm³/mol. The molecule has 0 bridgehead atoms. The molecule has 1 fully saturated rings. The second-order valence-corrected chi connectivity index (χ2v) is 7.93. The van der Waals surface area contributed by atoms with Gasteiger partial charge in [-0.1, -0.05) is 49.2 Å². The van der Waals surface area contributed by atoms with E-state index in [2.05, 4.69) is 16.0 Å². The van der Waals surface area contributed by atoms with E-state index in [-0.39, 0.29) is 161 Å². The molecule has 1 aliphatic heterocycles. The summed E-state index contributed by atoms with van der Waals surface area (Å²) in [6.45, 7) is 1.71. The number of likely N-dealkylation sites (tertiary alicyclic amines) is 1. The van der Waals surface area contributed by atoms with Crippen LogP contribution >= 0.6 is 0 Å². The number of hydrogen-bond acceptors (Lipinski definition) is 6. The smallest absolute Gasteiger partial charge is 0.648 e. The summed E-state index contributed by atoms with van der Waals surface area (Å²) in [4.78, 5) is 58.1. The number of rotatable bonds is 16. The van der Waals surface area contributed by atoms with Crippen molar-refractivity contribution in [3.8, 4) is 0 Å². The van der Waals surface area contributed by atoms with Gasteiger partial charge in [-0.25, -0.2) is 0 Å². The van der Waals surface area contributed by atoms with Gasteiger partial charge in [0.2, 0.25) is 11.8 Å². The molecule has 10 nitrogen and oxygen atoms in total. The molecule has 1 aliphatic rings. The van der Waals surface area contributed by atoms with Crippen molar-refractivity contribution in [3.05, 3.63) is 46.0 Å². The van der Waals surface area contributed by atoms with Crippen molar-refractivity contribution < 1.29 is 147 Å². The van der Waals surface area contributed by atoms with Gasteiger partial charge in [0.25, 0.3) is 0 Å². The van der Waals surface area contributed by atoms with Crippen LogP contribution in [0.15, 0.2) is 24.3 Å². The quantitative estimate of drug-likeness (QED) is 0.115. The van der Waals surface area contributed by atoms with Crippen LogP contribution in [0, 0.1) is 0 Å². The number of nitrogens with zero attached hydrogens (tertiary/aromatic N) is 3. The zero-order chi connectivity index (χ0) is 24.6. The molecule has 36 heavy (non-hydrogen) atoms. The molecule has 1 saturated heterocycles. The normalized spacial score (nSPS) is 11.9. The van der Waals surface area contributed by atoms with Crippen LogP contribution in [0.2, 0.25) is 0 Å². The molecule has 1 heterocycles. The molecule has 5 amide bonds. The molecule has 1 N–H and O–H groups in total. The van der Waals surface area contributed by atoms with Gasteiger partial charge in [-0.3, -0.25) is 19.3 Å². The molecule has 1 aromatic rings. The number of β-lactam (4-membered cyclic amide) rings is 1. The number of carbonyl (C=O) groups is 5. The van der Waals surface area contributed by atoms with Crippen LogP contribution in [0.3, 0.4) is 0 Å². The molecule has 0 spiro atoms. The Morgan fingerprint density at radius 3 is 2.39 bits per heavy atom. The number of benzene rings is 1. The summed E-state index contributed by atoms with van der Waals surface area (Å²) >= 11 is 0. The van der Waals surface area contributed by atoms with E-state index in [9.17, 15) is 24.0 Å². The molecule has 0 aromatic heterocycles. The van der Waals surface area contributed by atoms with E-state index in [4.69, 9.17) is 4.74 Å². The Labute approximate surface area is 311 Å². The van der Waals surface area contributed by atoms with E-state index in [0.29, 0.717) is 45.5 Å². The van der Waals surface area contributed by atoms with Crippen LogP contribution in [0.25, 0.3) is 10.6 Å². The fraction of sp³-hybridized carbons (Fsp3) is 0.542. The van der Waals surface area contributed by atoms with Crippen molar-refractivity contribution in [1.29, 1.82) is 0 Å². The van der Waals surface area contributed by atoms with Gasteiger partial charge >= 0.3 is 116 Å². The van der Waals surface area contributed by atoms with Crippen molar-refractivity contribution in [1.82, 2.24) is 10.2 Å². The summed E-state index contributed by atoms with van der Waals surface area (Å²) in [7, 11) is 0. The molecule has 188 valence electrons. The van der Waals surface area contributed by atoms with E-state index >= 15 is 0 Å². The fourth-order valence-electron chi connectivity index (χ4n) is 3.12. The van der Waals surface area contributed by atoms with E-state index in [0.717, 1.165) is 36.7 Å². The molecular formula is C24H34N4O6Rb2. The van der Waals surface area contributed by atoms with Crippen molar-refractivity contribution in [2.75, 3.05) is 32.8 Å². The molecule has 2 rings (SSSR count). The molecule has 0 saturated carbocycles. The molecule has 0 aliphatic carbocycles. The van der Waals surface area contributed by atoms with Crippen molar-refractivity contribution in [2.24, 2.45) is 0 Å². The van der Waals surface area contributed by atoms with Crippen LogP contribution < -0.4 is 122 Å². The number of aldehydes is 1. The second-order valence-electron chi connectivity index (χ2n) is 7.93. The first-order valence-corrected chi connectivity index (χ1v) is 11.6. The third-order valence-electron chi connectivity index (χ3n) is 5.17. The maximum Gasteiger partial charge on any atom is 1.00 e. The predicted octanol–water partition coefficient (Wildman–Crippen LogP) is -3.11. The number of nitrogens with one attached hydrogen (secondary N) is 1. The summed E-state index contributed by atoms with van der Waals surface area (Å²) < 4.78 is 5.28. The minimum absolute atomic E-state index is 0. The Kier molecular flexibility index (Phi) is 22.4. The Morgan fingerprint density at radius 2 is 1.75 bits per heavy atom. The molecule has 1 aromatic carbocycles. The summed E-state index contributed by atoms with van der Waals surface area (Å²) in [6.07, 6.45) is 5.10. The van der Waals surface area contributed by atoms with Crippen molar-refractivity contribution in [2.45, 2.75) is 51.5 Å². The number of urea groups is 1. The Morgan fingerprint density at radius 1 is 1.03 bits per heavy atom. The van der Waals surface area contributed by atoms with Crippen molar-refractivity contribution >= 4 is 30.0 Å². The van der Waals surface area contributed by atoms with Gasteiger partial charge in [0, 0.05) is 27.4 Å². The molecule has 12 heteroatoms. The van der Waals surface area contributed by atoms with Crippen LogP contribution in [0.5, 0.6) is 0 Å². The van der Waals surface area contributed by atoms with E-state index in [1.807, 2.05) is 0 Å². The average Bonchev–Trinajstić information content (AvgIpc) is 2.82. The standard InChI is InChI=1S/C24H34N4O6.2Rb.H2/c29-14-4-2-1-3-11-25-24(33)26-12-5-15-34-18-21(30)27-17-20-8-6-19(7-9-20)16-23(32)28-13-10-22(28)31;;;/h6-9,14H,1-5,10-13,15-18H2,(H3,25,26,27,30,33);;;1H/q;2*+1;/p-2. The number of carbonyl (C=O) groups excluding carboxylic acids is 5. The SMILES string of the molecule is O=CCCCCCNC(=O)[N-]CCCOCC(=O)[N-]Cc1ccc(CC(=O)N2CCC2=O)cc1.[HH].[Rb+].[Rb+]. The van der Waals surface area contributed by atoms with Crippen LogP contribution in [0.4, 0.5) is 4.79 Å². The van der Waals surface area contributed by atoms with Crippen molar-refractivity contribution in [3.63, 3.8) is 0 Å². The maximum absolute atomic E-state index is 12.0. The number of amides is 5. The Balaban J connectivity index is 0. The van der Waals surface area contributed by atoms with Crippen LogP contribution in [0.1, 0.15) is 51.1 Å². The summed E-state index contributed by atoms with van der Waals surface area (Å²) in [5, 5.41) is 10.5. The number of unbranched alkanes of at least 4 members (excludes halogenated alkanes) is 3. The molecular weight excluding hydrogens is 611 g/mol. The number of imide groups is 1. The van der Waals surface area contributed by atoms with E-state index in [1.165, 1.54) is 4.90 Å². The third kappa shape index (κ3) is 15.7. The third-order valence-corrected chi connectivity index (χ3v) is 5.17. The summed E-state index contributed by atoms with van der Waals surface area (Å²) in [5.74, 6) is -0.702. The first-order valence-electron chi connectivity index (χ1n) is 11.6. The van der Waals surface area contributed by atoms with Gasteiger partial charge in [0.15, 0.2) is 6.03 Å². The zero-order valence-corrected chi connectivity index (χ0v) is 31.2. The number of hydrogen-bond donors (Lipinski definition) is 1. The average molecular weight is 645 g/mol. The van der Waals surface area contributed by atoms with E-state index in [1.54, 1.807) is 24.3 Å². The summed E-state index contributed by atoms with van der Waals surface area (Å²) in [6, 6.07) is 6.82. The van der Waals surface area contributed by atoms with Gasteiger partial charge < -0.3 is 30.3 Å². The minimum atomic E-state index is -0.375. The monoisotopic (exact) mass is 644 g/mol. The second kappa shape index (κ2) is 22.2. The van der Waals surface area contributed by atoms with E-state index < -0.39 is 0 Å². The van der Waals surface area contributed by atoms with Crippen LogP contribution in [-0.4, -0.2) is 67.8 Å². The molecule has 0 radical (unpaired) electrons. The molecule has 0 unspecified atom stereocenters. The van der Waals surface area contributed by atoms with Gasteiger partial charge in [-0.2, -0.15) is 0 Å². The minimum Gasteiger partial charge on any atom is -0.648 e. The van der Waals surface area contributed by atoms with Gasteiger partial charge in [-0.15, -0.1) is 6.54 Å². The Bertz CT molecular complexity index is 845. The Hall–Kier alpha value is 0.340. The zero-order valence-electron chi connectivity index (χ0n) is 21.4. The first-order chi connectivity index (χ1) is 16.5. The number of ether oxygens (including phenoxy) is 1.